The standard InChI is InChI=1S/C13H21BrO/c1-15-13(10-6-4-7-11-13)9-5-2-3-8-12-14/h2-4,6-8,10-12H2,1H3. The van der Waals surface area contributed by atoms with Gasteiger partial charge in [0.15, 0.2) is 0 Å². The van der Waals surface area contributed by atoms with E-state index < -0.39 is 0 Å². The van der Waals surface area contributed by atoms with Crippen LogP contribution in [0.3, 0.4) is 0 Å². The fraction of sp³-hybridized carbons (Fsp3) is 0.846. The Morgan fingerprint density at radius 3 is 2.53 bits per heavy atom. The quantitative estimate of drug-likeness (QED) is 0.429. The molecule has 0 spiro atoms. The van der Waals surface area contributed by atoms with Crippen molar-refractivity contribution in [3.05, 3.63) is 0 Å². The van der Waals surface area contributed by atoms with Crippen molar-refractivity contribution in [2.45, 2.75) is 57.0 Å². The van der Waals surface area contributed by atoms with Crippen molar-refractivity contribution in [3.8, 4) is 11.8 Å². The van der Waals surface area contributed by atoms with Crippen molar-refractivity contribution in [2.75, 3.05) is 12.4 Å². The van der Waals surface area contributed by atoms with Crippen LogP contribution in [0, 0.1) is 11.8 Å². The minimum atomic E-state index is -0.105. The smallest absolute Gasteiger partial charge is 0.128 e. The van der Waals surface area contributed by atoms with Gasteiger partial charge in [0.2, 0.25) is 0 Å². The van der Waals surface area contributed by atoms with Gasteiger partial charge in [-0.2, -0.15) is 0 Å². The lowest BCUT2D eigenvalue weighted by molar-refractivity contribution is 0.0104. The molecule has 0 amide bonds. The van der Waals surface area contributed by atoms with Gasteiger partial charge < -0.3 is 4.74 Å². The first-order valence-corrected chi connectivity index (χ1v) is 7.06. The molecule has 2 heteroatoms. The van der Waals surface area contributed by atoms with Crippen LogP contribution in [0.1, 0.15) is 51.4 Å². The van der Waals surface area contributed by atoms with E-state index >= 15 is 0 Å². The zero-order chi connectivity index (χ0) is 11.0. The average molecular weight is 273 g/mol. The molecule has 1 nitrogen and oxygen atoms in total. The number of ether oxygens (including phenoxy) is 1. The van der Waals surface area contributed by atoms with Gasteiger partial charge in [0.05, 0.1) is 0 Å². The number of rotatable bonds is 4. The van der Waals surface area contributed by atoms with Gasteiger partial charge in [-0.3, -0.25) is 0 Å². The highest BCUT2D eigenvalue weighted by Crippen LogP contribution is 2.30. The molecule has 0 aliphatic heterocycles. The van der Waals surface area contributed by atoms with E-state index in [1.54, 1.807) is 7.11 Å². The molecule has 0 saturated heterocycles. The fourth-order valence-corrected chi connectivity index (χ4v) is 2.43. The van der Waals surface area contributed by atoms with Crippen LogP contribution >= 0.6 is 15.9 Å². The molecule has 1 aliphatic carbocycles. The predicted octanol–water partition coefficient (Wildman–Crippen LogP) is 3.90. The molecule has 15 heavy (non-hydrogen) atoms. The lowest BCUT2D eigenvalue weighted by Gasteiger charge is -2.30. The van der Waals surface area contributed by atoms with Crippen molar-refractivity contribution in [3.63, 3.8) is 0 Å². The Morgan fingerprint density at radius 2 is 1.93 bits per heavy atom. The molecular weight excluding hydrogens is 252 g/mol. The summed E-state index contributed by atoms with van der Waals surface area (Å²) < 4.78 is 5.60. The third-order valence-corrected chi connectivity index (χ3v) is 3.61. The minimum absolute atomic E-state index is 0.105. The fourth-order valence-electron chi connectivity index (χ4n) is 2.03. The summed E-state index contributed by atoms with van der Waals surface area (Å²) in [4.78, 5) is 0. The largest absolute Gasteiger partial charge is 0.366 e. The van der Waals surface area contributed by atoms with Gasteiger partial charge in [-0.25, -0.2) is 0 Å². The first kappa shape index (κ1) is 13.1. The average Bonchev–Trinajstić information content (AvgIpc) is 2.30. The van der Waals surface area contributed by atoms with Gasteiger partial charge in [-0.1, -0.05) is 28.3 Å². The van der Waals surface area contributed by atoms with Crippen molar-refractivity contribution in [1.29, 1.82) is 0 Å². The maximum Gasteiger partial charge on any atom is 0.128 e. The van der Waals surface area contributed by atoms with Gasteiger partial charge in [0, 0.05) is 18.9 Å². The zero-order valence-electron chi connectivity index (χ0n) is 9.65. The van der Waals surface area contributed by atoms with Crippen molar-refractivity contribution < 1.29 is 4.74 Å². The minimum Gasteiger partial charge on any atom is -0.366 e. The highest BCUT2D eigenvalue weighted by Gasteiger charge is 2.29. The molecule has 0 bridgehead atoms. The summed E-state index contributed by atoms with van der Waals surface area (Å²) in [6, 6.07) is 0. The molecule has 0 radical (unpaired) electrons. The summed E-state index contributed by atoms with van der Waals surface area (Å²) in [5.41, 5.74) is -0.105. The summed E-state index contributed by atoms with van der Waals surface area (Å²) in [5, 5.41) is 1.09. The Hall–Kier alpha value is 0. The van der Waals surface area contributed by atoms with Crippen LogP contribution in [0.25, 0.3) is 0 Å². The summed E-state index contributed by atoms with van der Waals surface area (Å²) in [7, 11) is 1.80. The number of alkyl halides is 1. The van der Waals surface area contributed by atoms with E-state index in [4.69, 9.17) is 4.74 Å². The molecule has 1 aliphatic rings. The molecule has 1 rings (SSSR count). The Morgan fingerprint density at radius 1 is 1.20 bits per heavy atom. The molecule has 86 valence electrons. The molecule has 0 unspecified atom stereocenters. The van der Waals surface area contributed by atoms with Gasteiger partial charge in [-0.05, 0) is 38.5 Å². The van der Waals surface area contributed by atoms with E-state index in [0.717, 1.165) is 24.6 Å². The third-order valence-electron chi connectivity index (χ3n) is 3.05. The lowest BCUT2D eigenvalue weighted by Crippen LogP contribution is -2.32. The number of unbranched alkanes of at least 4 members (excludes halogenated alkanes) is 2. The molecule has 0 heterocycles. The van der Waals surface area contributed by atoms with Crippen LogP contribution in [-0.2, 0) is 4.74 Å². The second-order valence-electron chi connectivity index (χ2n) is 4.21. The van der Waals surface area contributed by atoms with Gasteiger partial charge in [-0.15, -0.1) is 5.92 Å². The monoisotopic (exact) mass is 272 g/mol. The first-order chi connectivity index (χ1) is 7.33. The Balaban J connectivity index is 2.36. The van der Waals surface area contributed by atoms with Gasteiger partial charge in [0.25, 0.3) is 0 Å². The van der Waals surface area contributed by atoms with E-state index in [1.165, 1.54) is 32.1 Å². The van der Waals surface area contributed by atoms with E-state index in [9.17, 15) is 0 Å². The summed E-state index contributed by atoms with van der Waals surface area (Å²) in [6.45, 7) is 0. The van der Waals surface area contributed by atoms with Crippen LogP contribution in [0.5, 0.6) is 0 Å². The number of halogens is 1. The molecule has 1 saturated carbocycles. The Kier molecular flexibility index (Phi) is 6.36. The number of hydrogen-bond donors (Lipinski definition) is 0. The van der Waals surface area contributed by atoms with E-state index in [2.05, 4.69) is 27.8 Å². The maximum absolute atomic E-state index is 5.60. The Labute approximate surface area is 102 Å². The molecule has 0 atom stereocenters. The van der Waals surface area contributed by atoms with Crippen LogP contribution in [0.15, 0.2) is 0 Å². The second-order valence-corrected chi connectivity index (χ2v) is 5.00. The molecule has 0 aromatic carbocycles. The topological polar surface area (TPSA) is 9.23 Å². The van der Waals surface area contributed by atoms with Gasteiger partial charge >= 0.3 is 0 Å². The van der Waals surface area contributed by atoms with Crippen molar-refractivity contribution >= 4 is 15.9 Å². The number of hydrogen-bond acceptors (Lipinski definition) is 1. The second kappa shape index (κ2) is 7.30. The summed E-state index contributed by atoms with van der Waals surface area (Å²) >= 11 is 3.43. The van der Waals surface area contributed by atoms with Crippen molar-refractivity contribution in [1.82, 2.24) is 0 Å². The highest BCUT2D eigenvalue weighted by atomic mass is 79.9. The van der Waals surface area contributed by atoms with Crippen LogP contribution in [-0.4, -0.2) is 18.0 Å². The predicted molar refractivity (Wildman–Crippen MR) is 68.2 cm³/mol. The molecule has 1 fully saturated rings. The van der Waals surface area contributed by atoms with E-state index in [0.29, 0.717) is 0 Å². The van der Waals surface area contributed by atoms with E-state index in [1.807, 2.05) is 0 Å². The maximum atomic E-state index is 5.60. The molecule has 0 aromatic heterocycles. The zero-order valence-corrected chi connectivity index (χ0v) is 11.2. The van der Waals surface area contributed by atoms with E-state index in [-0.39, 0.29) is 5.60 Å². The van der Waals surface area contributed by atoms with Gasteiger partial charge in [0.1, 0.15) is 5.60 Å². The van der Waals surface area contributed by atoms with Crippen LogP contribution in [0.2, 0.25) is 0 Å². The molecule has 0 N–H and O–H groups in total. The normalized spacial score (nSPS) is 19.3. The lowest BCUT2D eigenvalue weighted by atomic mass is 9.85. The summed E-state index contributed by atoms with van der Waals surface area (Å²) in [5.74, 6) is 6.64. The summed E-state index contributed by atoms with van der Waals surface area (Å²) in [6.07, 6.45) is 9.54. The highest BCUT2D eigenvalue weighted by molar-refractivity contribution is 9.09. The van der Waals surface area contributed by atoms with Crippen LogP contribution < -0.4 is 0 Å². The number of methoxy groups -OCH3 is 1. The Bertz CT molecular complexity index is 220. The third kappa shape index (κ3) is 4.57. The molecular formula is C13H21BrO. The SMILES string of the molecule is COC1(C#CCCCCBr)CCCCC1. The van der Waals surface area contributed by atoms with Crippen molar-refractivity contribution in [2.24, 2.45) is 0 Å². The molecule has 0 aromatic rings. The van der Waals surface area contributed by atoms with Crippen LogP contribution in [0.4, 0.5) is 0 Å². The first-order valence-electron chi connectivity index (χ1n) is 5.94.